The van der Waals surface area contributed by atoms with Gasteiger partial charge in [0.1, 0.15) is 0 Å². The second-order valence-corrected chi connectivity index (χ2v) is 6.73. The van der Waals surface area contributed by atoms with E-state index in [9.17, 15) is 0 Å². The van der Waals surface area contributed by atoms with E-state index in [4.69, 9.17) is 0 Å². The lowest BCUT2D eigenvalue weighted by Crippen LogP contribution is -2.37. The normalized spacial score (nSPS) is 17.0. The molecule has 1 N–H and O–H groups in total. The van der Waals surface area contributed by atoms with Crippen molar-refractivity contribution in [2.45, 2.75) is 39.3 Å². The largest absolute Gasteiger partial charge is 0.371 e. The number of aromatic nitrogens is 1. The summed E-state index contributed by atoms with van der Waals surface area (Å²) in [5, 5.41) is 3.50. The van der Waals surface area contributed by atoms with Crippen LogP contribution < -0.4 is 10.2 Å². The number of hydrogen-bond donors (Lipinski definition) is 1. The highest BCUT2D eigenvalue weighted by Crippen LogP contribution is 2.26. The van der Waals surface area contributed by atoms with E-state index in [2.05, 4.69) is 54.1 Å². The van der Waals surface area contributed by atoms with Crippen molar-refractivity contribution < 1.29 is 0 Å². The maximum Gasteiger partial charge on any atom is 0.0442 e. The molecule has 0 saturated carbocycles. The summed E-state index contributed by atoms with van der Waals surface area (Å²) in [4.78, 5) is 9.14. The molecule has 0 unspecified atom stereocenters. The van der Waals surface area contributed by atoms with E-state index in [1.807, 2.05) is 12.4 Å². The predicted molar refractivity (Wildman–Crippen MR) is 89.7 cm³/mol. The fraction of sp³-hybridized carbons (Fsp3) is 0.706. The van der Waals surface area contributed by atoms with E-state index < -0.39 is 0 Å². The highest BCUT2D eigenvalue weighted by atomic mass is 15.1. The Morgan fingerprint density at radius 1 is 1.33 bits per heavy atom. The Balaban J connectivity index is 1.96. The molecule has 1 aromatic rings. The summed E-state index contributed by atoms with van der Waals surface area (Å²) < 4.78 is 0. The van der Waals surface area contributed by atoms with E-state index >= 15 is 0 Å². The molecule has 1 fully saturated rings. The molecule has 2 heterocycles. The van der Waals surface area contributed by atoms with Gasteiger partial charge in [0.25, 0.3) is 0 Å². The Morgan fingerprint density at radius 3 is 2.67 bits per heavy atom. The quantitative estimate of drug-likeness (QED) is 0.871. The Morgan fingerprint density at radius 2 is 2.05 bits per heavy atom. The van der Waals surface area contributed by atoms with Crippen LogP contribution in [-0.4, -0.2) is 49.7 Å². The van der Waals surface area contributed by atoms with Gasteiger partial charge >= 0.3 is 0 Å². The Bertz CT molecular complexity index is 423. The van der Waals surface area contributed by atoms with Gasteiger partial charge in [0.15, 0.2) is 0 Å². The van der Waals surface area contributed by atoms with Crippen molar-refractivity contribution in [1.82, 2.24) is 15.2 Å². The second kappa shape index (κ2) is 7.76. The summed E-state index contributed by atoms with van der Waals surface area (Å²) in [6.07, 6.45) is 6.51. The minimum Gasteiger partial charge on any atom is -0.371 e. The lowest BCUT2D eigenvalue weighted by atomic mass is 9.95. The number of anilines is 1. The van der Waals surface area contributed by atoms with Crippen LogP contribution in [0.2, 0.25) is 0 Å². The van der Waals surface area contributed by atoms with Crippen molar-refractivity contribution in [3.63, 3.8) is 0 Å². The van der Waals surface area contributed by atoms with Crippen LogP contribution in [0, 0.1) is 5.92 Å². The third kappa shape index (κ3) is 4.97. The van der Waals surface area contributed by atoms with Gasteiger partial charge in [0, 0.05) is 55.9 Å². The van der Waals surface area contributed by atoms with E-state index in [0.717, 1.165) is 25.6 Å². The lowest BCUT2D eigenvalue weighted by Gasteiger charge is -2.35. The minimum absolute atomic E-state index is 0.504. The van der Waals surface area contributed by atoms with Crippen molar-refractivity contribution in [2.24, 2.45) is 5.92 Å². The fourth-order valence-electron chi connectivity index (χ4n) is 3.05. The number of piperidine rings is 1. The van der Waals surface area contributed by atoms with E-state index in [0.29, 0.717) is 6.04 Å². The summed E-state index contributed by atoms with van der Waals surface area (Å²) >= 11 is 0. The second-order valence-electron chi connectivity index (χ2n) is 6.73. The predicted octanol–water partition coefficient (Wildman–Crippen LogP) is 2.36. The van der Waals surface area contributed by atoms with Gasteiger partial charge in [-0.3, -0.25) is 4.98 Å². The molecular weight excluding hydrogens is 260 g/mol. The topological polar surface area (TPSA) is 31.4 Å². The van der Waals surface area contributed by atoms with E-state index in [1.54, 1.807) is 0 Å². The summed E-state index contributed by atoms with van der Waals surface area (Å²) in [5.74, 6) is 0.843. The lowest BCUT2D eigenvalue weighted by molar-refractivity contribution is 0.285. The molecule has 118 valence electrons. The molecule has 0 amide bonds. The third-order valence-electron chi connectivity index (χ3n) is 4.16. The minimum atomic E-state index is 0.504. The molecule has 1 saturated heterocycles. The van der Waals surface area contributed by atoms with Crippen LogP contribution in [0.15, 0.2) is 18.5 Å². The van der Waals surface area contributed by atoms with Gasteiger partial charge in [0.05, 0.1) is 0 Å². The SMILES string of the molecule is CC(C)NCc1cnccc1N1CCC(CN(C)C)CC1. The number of pyridine rings is 1. The standard InChI is InChI=1S/C17H30N4/c1-14(2)19-12-16-11-18-8-5-17(16)21-9-6-15(7-10-21)13-20(3)4/h5,8,11,14-15,19H,6-7,9-10,12-13H2,1-4H3. The van der Waals surface area contributed by atoms with Gasteiger partial charge in [0.2, 0.25) is 0 Å². The van der Waals surface area contributed by atoms with Crippen molar-refractivity contribution in [2.75, 3.05) is 38.6 Å². The van der Waals surface area contributed by atoms with E-state index in [1.165, 1.54) is 30.6 Å². The zero-order valence-corrected chi connectivity index (χ0v) is 14.0. The number of nitrogens with one attached hydrogen (secondary N) is 1. The molecule has 21 heavy (non-hydrogen) atoms. The smallest absolute Gasteiger partial charge is 0.0442 e. The summed E-state index contributed by atoms with van der Waals surface area (Å²) in [5.41, 5.74) is 2.68. The van der Waals surface area contributed by atoms with Crippen LogP contribution in [-0.2, 0) is 6.54 Å². The van der Waals surface area contributed by atoms with Gasteiger partial charge in [-0.05, 0) is 38.9 Å². The van der Waals surface area contributed by atoms with Crippen LogP contribution in [0.1, 0.15) is 32.3 Å². The van der Waals surface area contributed by atoms with Crippen molar-refractivity contribution >= 4 is 5.69 Å². The molecule has 4 nitrogen and oxygen atoms in total. The maximum atomic E-state index is 4.30. The zero-order chi connectivity index (χ0) is 15.2. The molecule has 0 atom stereocenters. The first kappa shape index (κ1) is 16.2. The highest BCUT2D eigenvalue weighted by molar-refractivity contribution is 5.52. The molecule has 2 rings (SSSR count). The van der Waals surface area contributed by atoms with Crippen LogP contribution >= 0.6 is 0 Å². The zero-order valence-electron chi connectivity index (χ0n) is 14.0. The molecule has 0 aliphatic carbocycles. The summed E-state index contributed by atoms with van der Waals surface area (Å²) in [6, 6.07) is 2.67. The van der Waals surface area contributed by atoms with Crippen LogP contribution in [0.3, 0.4) is 0 Å². The van der Waals surface area contributed by atoms with Crippen molar-refractivity contribution in [1.29, 1.82) is 0 Å². The van der Waals surface area contributed by atoms with Gasteiger partial charge < -0.3 is 15.1 Å². The average molecular weight is 290 g/mol. The molecule has 1 aromatic heterocycles. The molecule has 0 spiro atoms. The number of hydrogen-bond acceptors (Lipinski definition) is 4. The Labute approximate surface area is 129 Å². The molecule has 0 bridgehead atoms. The molecule has 0 radical (unpaired) electrons. The molecular formula is C17H30N4. The van der Waals surface area contributed by atoms with Gasteiger partial charge in [-0.25, -0.2) is 0 Å². The van der Waals surface area contributed by atoms with E-state index in [-0.39, 0.29) is 0 Å². The summed E-state index contributed by atoms with van der Waals surface area (Å²) in [7, 11) is 4.34. The molecule has 0 aromatic carbocycles. The fourth-order valence-corrected chi connectivity index (χ4v) is 3.05. The van der Waals surface area contributed by atoms with Crippen LogP contribution in [0.5, 0.6) is 0 Å². The highest BCUT2D eigenvalue weighted by Gasteiger charge is 2.21. The van der Waals surface area contributed by atoms with Gasteiger partial charge in [-0.1, -0.05) is 13.8 Å². The first-order valence-corrected chi connectivity index (χ1v) is 8.12. The average Bonchev–Trinajstić information content (AvgIpc) is 2.46. The first-order chi connectivity index (χ1) is 10.1. The van der Waals surface area contributed by atoms with Gasteiger partial charge in [-0.15, -0.1) is 0 Å². The number of nitrogens with zero attached hydrogens (tertiary/aromatic N) is 3. The maximum absolute atomic E-state index is 4.30. The third-order valence-corrected chi connectivity index (χ3v) is 4.16. The Hall–Kier alpha value is -1.13. The van der Waals surface area contributed by atoms with Crippen LogP contribution in [0.4, 0.5) is 5.69 Å². The number of rotatable bonds is 6. The molecule has 1 aliphatic rings. The Kier molecular flexibility index (Phi) is 6.00. The first-order valence-electron chi connectivity index (χ1n) is 8.12. The van der Waals surface area contributed by atoms with Crippen LogP contribution in [0.25, 0.3) is 0 Å². The van der Waals surface area contributed by atoms with Gasteiger partial charge in [-0.2, -0.15) is 0 Å². The molecule has 1 aliphatic heterocycles. The summed E-state index contributed by atoms with van der Waals surface area (Å²) in [6.45, 7) is 8.81. The molecule has 4 heteroatoms. The van der Waals surface area contributed by atoms with Crippen molar-refractivity contribution in [3.05, 3.63) is 24.0 Å². The van der Waals surface area contributed by atoms with Crippen molar-refractivity contribution in [3.8, 4) is 0 Å². The monoisotopic (exact) mass is 290 g/mol.